The van der Waals surface area contributed by atoms with Gasteiger partial charge in [-0.2, -0.15) is 5.26 Å². The molecule has 1 fully saturated rings. The van der Waals surface area contributed by atoms with Crippen molar-refractivity contribution < 1.29 is 0 Å². The second kappa shape index (κ2) is 5.73. The lowest BCUT2D eigenvalue weighted by atomic mass is 9.91. The van der Waals surface area contributed by atoms with E-state index in [1.165, 1.54) is 12.8 Å². The predicted molar refractivity (Wildman–Crippen MR) is 77.4 cm³/mol. The molecule has 1 aromatic rings. The summed E-state index contributed by atoms with van der Waals surface area (Å²) in [5.74, 6) is 0.597. The zero-order chi connectivity index (χ0) is 13.9. The van der Waals surface area contributed by atoms with Crippen molar-refractivity contribution in [1.82, 2.24) is 4.90 Å². The molecule has 0 bridgehead atoms. The fourth-order valence-corrected chi connectivity index (χ4v) is 2.50. The molecule has 1 atom stereocenters. The summed E-state index contributed by atoms with van der Waals surface area (Å²) in [4.78, 5) is 2.39. The molecule has 1 aliphatic carbocycles. The summed E-state index contributed by atoms with van der Waals surface area (Å²) in [5.41, 5.74) is 6.36. The summed E-state index contributed by atoms with van der Waals surface area (Å²) in [7, 11) is 0. The first kappa shape index (κ1) is 14.0. The van der Waals surface area contributed by atoms with E-state index >= 15 is 0 Å². The molecular formula is C16H23N3. The molecule has 0 radical (unpaired) electrons. The number of benzene rings is 1. The number of nitrogens with zero attached hydrogens (tertiary/aromatic N) is 2. The van der Waals surface area contributed by atoms with Gasteiger partial charge in [-0.3, -0.25) is 4.90 Å². The molecule has 3 heteroatoms. The molecule has 19 heavy (non-hydrogen) atoms. The van der Waals surface area contributed by atoms with Crippen molar-refractivity contribution in [1.29, 1.82) is 5.26 Å². The number of hydrogen-bond donors (Lipinski definition) is 1. The number of nitriles is 1. The Morgan fingerprint density at radius 1 is 1.37 bits per heavy atom. The van der Waals surface area contributed by atoms with Crippen LogP contribution in [0.1, 0.15) is 32.3 Å². The van der Waals surface area contributed by atoms with E-state index in [-0.39, 0.29) is 0 Å². The first-order chi connectivity index (χ1) is 9.05. The van der Waals surface area contributed by atoms with Crippen LogP contribution in [0.2, 0.25) is 0 Å². The van der Waals surface area contributed by atoms with Crippen molar-refractivity contribution in [3.05, 3.63) is 35.9 Å². The molecule has 0 aliphatic heterocycles. The van der Waals surface area contributed by atoms with Gasteiger partial charge in [-0.1, -0.05) is 44.2 Å². The van der Waals surface area contributed by atoms with Gasteiger partial charge in [0, 0.05) is 19.1 Å². The van der Waals surface area contributed by atoms with Crippen LogP contribution in [0.4, 0.5) is 0 Å². The Hall–Kier alpha value is -1.37. The van der Waals surface area contributed by atoms with Crippen LogP contribution in [0, 0.1) is 17.2 Å². The summed E-state index contributed by atoms with van der Waals surface area (Å²) >= 11 is 0. The molecule has 102 valence electrons. The molecule has 1 aromatic carbocycles. The average molecular weight is 257 g/mol. The minimum atomic E-state index is -0.904. The smallest absolute Gasteiger partial charge is 0.142 e. The Balaban J connectivity index is 2.15. The van der Waals surface area contributed by atoms with Crippen molar-refractivity contribution in [3.8, 4) is 6.07 Å². The minimum Gasteiger partial charge on any atom is -0.309 e. The van der Waals surface area contributed by atoms with Gasteiger partial charge in [0.2, 0.25) is 0 Å². The van der Waals surface area contributed by atoms with Crippen LogP contribution in [0.25, 0.3) is 0 Å². The van der Waals surface area contributed by atoms with Crippen LogP contribution in [0.3, 0.4) is 0 Å². The minimum absolute atomic E-state index is 0.597. The molecule has 0 heterocycles. The van der Waals surface area contributed by atoms with E-state index in [9.17, 15) is 5.26 Å². The second-order valence-electron chi connectivity index (χ2n) is 6.00. The van der Waals surface area contributed by atoms with Crippen molar-refractivity contribution >= 4 is 0 Å². The third-order valence-electron chi connectivity index (χ3n) is 3.60. The van der Waals surface area contributed by atoms with E-state index in [0.29, 0.717) is 18.5 Å². The summed E-state index contributed by atoms with van der Waals surface area (Å²) in [6, 6.07) is 12.7. The van der Waals surface area contributed by atoms with Crippen LogP contribution in [-0.2, 0) is 5.54 Å². The highest BCUT2D eigenvalue weighted by Crippen LogP contribution is 2.30. The van der Waals surface area contributed by atoms with Gasteiger partial charge < -0.3 is 5.73 Å². The highest BCUT2D eigenvalue weighted by Gasteiger charge is 2.36. The Bertz CT molecular complexity index is 445. The molecule has 1 unspecified atom stereocenters. The van der Waals surface area contributed by atoms with Crippen molar-refractivity contribution in [3.63, 3.8) is 0 Å². The maximum atomic E-state index is 9.52. The molecule has 2 N–H and O–H groups in total. The summed E-state index contributed by atoms with van der Waals surface area (Å²) in [6.45, 7) is 6.05. The van der Waals surface area contributed by atoms with E-state index in [4.69, 9.17) is 5.73 Å². The fourth-order valence-electron chi connectivity index (χ4n) is 2.50. The molecular weight excluding hydrogens is 234 g/mol. The van der Waals surface area contributed by atoms with Gasteiger partial charge in [0.1, 0.15) is 5.54 Å². The summed E-state index contributed by atoms with van der Waals surface area (Å²) in [5, 5.41) is 9.52. The number of hydrogen-bond acceptors (Lipinski definition) is 3. The summed E-state index contributed by atoms with van der Waals surface area (Å²) < 4.78 is 0. The fraction of sp³-hybridized carbons (Fsp3) is 0.562. The Morgan fingerprint density at radius 2 is 2.00 bits per heavy atom. The highest BCUT2D eigenvalue weighted by molar-refractivity contribution is 5.31. The molecule has 2 rings (SSSR count). The monoisotopic (exact) mass is 257 g/mol. The lowest BCUT2D eigenvalue weighted by Crippen LogP contribution is -2.48. The van der Waals surface area contributed by atoms with Gasteiger partial charge in [0.25, 0.3) is 0 Å². The maximum Gasteiger partial charge on any atom is 0.142 e. The normalized spacial score (nSPS) is 18.3. The first-order valence-electron chi connectivity index (χ1n) is 7.05. The zero-order valence-corrected chi connectivity index (χ0v) is 11.8. The number of rotatable bonds is 6. The molecule has 0 saturated heterocycles. The third kappa shape index (κ3) is 3.56. The number of nitrogens with two attached hydrogens (primary N) is 1. The Kier molecular flexibility index (Phi) is 4.24. The van der Waals surface area contributed by atoms with Crippen molar-refractivity contribution in [2.24, 2.45) is 11.7 Å². The molecule has 0 spiro atoms. The van der Waals surface area contributed by atoms with Crippen LogP contribution in [0.15, 0.2) is 30.3 Å². The molecule has 0 amide bonds. The second-order valence-corrected chi connectivity index (χ2v) is 6.00. The molecule has 1 aliphatic rings. The zero-order valence-electron chi connectivity index (χ0n) is 11.8. The van der Waals surface area contributed by atoms with Crippen LogP contribution >= 0.6 is 0 Å². The van der Waals surface area contributed by atoms with Crippen molar-refractivity contribution in [2.75, 3.05) is 13.1 Å². The van der Waals surface area contributed by atoms with Gasteiger partial charge in [0.15, 0.2) is 0 Å². The van der Waals surface area contributed by atoms with E-state index in [0.717, 1.165) is 12.1 Å². The van der Waals surface area contributed by atoms with Crippen LogP contribution < -0.4 is 5.73 Å². The Morgan fingerprint density at radius 3 is 2.47 bits per heavy atom. The predicted octanol–water partition coefficient (Wildman–Crippen LogP) is 2.48. The van der Waals surface area contributed by atoms with Gasteiger partial charge >= 0.3 is 0 Å². The van der Waals surface area contributed by atoms with Crippen molar-refractivity contribution in [2.45, 2.75) is 38.3 Å². The highest BCUT2D eigenvalue weighted by atomic mass is 15.2. The maximum absolute atomic E-state index is 9.52. The SMILES string of the molecule is CC(C)CN(CC(N)(C#N)c1ccccc1)C1CC1. The van der Waals surface area contributed by atoms with Crippen LogP contribution in [0.5, 0.6) is 0 Å². The van der Waals surface area contributed by atoms with E-state index < -0.39 is 5.54 Å². The van der Waals surface area contributed by atoms with Crippen LogP contribution in [-0.4, -0.2) is 24.0 Å². The lowest BCUT2D eigenvalue weighted by Gasteiger charge is -2.32. The van der Waals surface area contributed by atoms with Gasteiger partial charge in [-0.15, -0.1) is 0 Å². The lowest BCUT2D eigenvalue weighted by molar-refractivity contribution is 0.201. The quantitative estimate of drug-likeness (QED) is 0.852. The van der Waals surface area contributed by atoms with E-state index in [1.54, 1.807) is 0 Å². The largest absolute Gasteiger partial charge is 0.309 e. The first-order valence-corrected chi connectivity index (χ1v) is 7.05. The van der Waals surface area contributed by atoms with Gasteiger partial charge in [-0.25, -0.2) is 0 Å². The topological polar surface area (TPSA) is 53.0 Å². The average Bonchev–Trinajstić information content (AvgIpc) is 3.22. The van der Waals surface area contributed by atoms with E-state index in [2.05, 4.69) is 24.8 Å². The van der Waals surface area contributed by atoms with Gasteiger partial charge in [0.05, 0.1) is 6.07 Å². The third-order valence-corrected chi connectivity index (χ3v) is 3.60. The molecule has 0 aromatic heterocycles. The summed E-state index contributed by atoms with van der Waals surface area (Å²) in [6.07, 6.45) is 2.48. The van der Waals surface area contributed by atoms with Gasteiger partial charge in [-0.05, 0) is 24.3 Å². The molecule has 1 saturated carbocycles. The van der Waals surface area contributed by atoms with E-state index in [1.807, 2.05) is 30.3 Å². The standard InChI is InChI=1S/C16H23N3/c1-13(2)10-19(15-8-9-15)12-16(18,11-17)14-6-4-3-5-7-14/h3-7,13,15H,8-10,12,18H2,1-2H3. The Labute approximate surface area is 116 Å². The molecule has 3 nitrogen and oxygen atoms in total.